The molecule has 5 rings (SSSR count). The summed E-state index contributed by atoms with van der Waals surface area (Å²) < 4.78 is 34.0. The Balaban J connectivity index is 1.42. The van der Waals surface area contributed by atoms with Gasteiger partial charge in [-0.05, 0) is 61.4 Å². The van der Waals surface area contributed by atoms with Gasteiger partial charge in [0.05, 0.1) is 27.4 Å². The Labute approximate surface area is 260 Å². The number of methoxy groups -OCH3 is 2. The van der Waals surface area contributed by atoms with Gasteiger partial charge in [-0.15, -0.1) is 0 Å². The molecule has 2 heterocycles. The van der Waals surface area contributed by atoms with Crippen molar-refractivity contribution in [3.8, 4) is 34.1 Å². The van der Waals surface area contributed by atoms with E-state index in [0.717, 1.165) is 24.8 Å². The molecule has 1 aliphatic carbocycles. The molecule has 2 aromatic carbocycles. The van der Waals surface area contributed by atoms with Crippen molar-refractivity contribution in [1.82, 2.24) is 0 Å². The molecule has 7 N–H and O–H groups in total. The standard InChI is InChI=1S/C32H42O13/c1-40-22-11-16-8-6-4-3-5-7-9-17-12-18(19(10-16)30(22)41-2)20(34)13-21(17)43-32-29(39)27(37)26(36)24(45-32)15-42-31-28(38)25(35)23(14-33)44-31/h3,5,10-13,23-29,31-39H,4,6-9,14-15H2,1-2H3/b5-3-/t23-,24+,25-,26+,27-,28+,29+,31+,32+/m0/s1. The van der Waals surface area contributed by atoms with Gasteiger partial charge in [-0.2, -0.15) is 0 Å². The molecule has 0 aromatic heterocycles. The minimum absolute atomic E-state index is 0.133. The zero-order chi connectivity index (χ0) is 32.2. The molecule has 248 valence electrons. The van der Waals surface area contributed by atoms with E-state index in [1.165, 1.54) is 13.2 Å². The van der Waals surface area contributed by atoms with E-state index in [4.69, 9.17) is 28.4 Å². The number of phenols is 1. The molecule has 3 aliphatic rings. The summed E-state index contributed by atoms with van der Waals surface area (Å²) in [6.45, 7) is -0.964. The molecular weight excluding hydrogens is 592 g/mol. The summed E-state index contributed by atoms with van der Waals surface area (Å²) in [5, 5.41) is 72.7. The Hall–Kier alpha value is -2.98. The number of benzene rings is 2. The van der Waals surface area contributed by atoms with Gasteiger partial charge in [-0.1, -0.05) is 12.2 Å². The lowest BCUT2D eigenvalue weighted by atomic mass is 9.95. The molecule has 0 spiro atoms. The third-order valence-corrected chi connectivity index (χ3v) is 8.43. The van der Waals surface area contributed by atoms with Gasteiger partial charge in [0.25, 0.3) is 0 Å². The number of hydrogen-bond acceptors (Lipinski definition) is 13. The first-order chi connectivity index (χ1) is 21.7. The number of ether oxygens (including phenoxy) is 6. The summed E-state index contributed by atoms with van der Waals surface area (Å²) in [4.78, 5) is 0. The Morgan fingerprint density at radius 2 is 1.44 bits per heavy atom. The van der Waals surface area contributed by atoms with Crippen LogP contribution in [0.1, 0.15) is 30.4 Å². The van der Waals surface area contributed by atoms with E-state index in [9.17, 15) is 35.7 Å². The molecule has 2 fully saturated rings. The Kier molecular flexibility index (Phi) is 10.9. The maximum absolute atomic E-state index is 11.3. The van der Waals surface area contributed by atoms with Crippen molar-refractivity contribution < 1.29 is 64.2 Å². The fraction of sp³-hybridized carbons (Fsp3) is 0.562. The average molecular weight is 635 g/mol. The van der Waals surface area contributed by atoms with Crippen LogP contribution in [0.5, 0.6) is 23.0 Å². The Morgan fingerprint density at radius 1 is 0.733 bits per heavy atom. The quantitative estimate of drug-likeness (QED) is 0.199. The van der Waals surface area contributed by atoms with Crippen molar-refractivity contribution >= 4 is 0 Å². The first-order valence-corrected chi connectivity index (χ1v) is 15.0. The molecule has 45 heavy (non-hydrogen) atoms. The molecule has 9 atom stereocenters. The number of rotatable bonds is 8. The lowest BCUT2D eigenvalue weighted by molar-refractivity contribution is -0.290. The molecule has 0 unspecified atom stereocenters. The normalized spacial score (nSPS) is 32.6. The van der Waals surface area contributed by atoms with Crippen molar-refractivity contribution in [3.63, 3.8) is 0 Å². The molecular formula is C32H42O13. The van der Waals surface area contributed by atoms with Crippen molar-refractivity contribution in [3.05, 3.63) is 47.5 Å². The highest BCUT2D eigenvalue weighted by atomic mass is 16.7. The van der Waals surface area contributed by atoms with Gasteiger partial charge in [0.2, 0.25) is 6.29 Å². The van der Waals surface area contributed by atoms with E-state index in [1.807, 2.05) is 12.1 Å². The van der Waals surface area contributed by atoms with E-state index in [2.05, 4.69) is 12.2 Å². The number of fused-ring (bicyclic) bond motifs is 5. The maximum Gasteiger partial charge on any atom is 0.229 e. The SMILES string of the molecule is COc1cc2cc(c1OC)-c1cc(c(O[C@@H]3O[C@H](CO[C@@H]4O[C@@H](CO)[C@H](O)[C@H]4O)[C@@H](O)[C@H](O)[C@H]3O)cc1O)CC/C=C\CCC2. The van der Waals surface area contributed by atoms with E-state index in [0.29, 0.717) is 41.0 Å². The second-order valence-electron chi connectivity index (χ2n) is 11.4. The van der Waals surface area contributed by atoms with Crippen molar-refractivity contribution in [2.24, 2.45) is 0 Å². The predicted molar refractivity (Wildman–Crippen MR) is 158 cm³/mol. The summed E-state index contributed by atoms with van der Waals surface area (Å²) in [7, 11) is 3.09. The Morgan fingerprint density at radius 3 is 2.16 bits per heavy atom. The van der Waals surface area contributed by atoms with Crippen LogP contribution in [0.15, 0.2) is 36.4 Å². The van der Waals surface area contributed by atoms with Crippen LogP contribution in [0.2, 0.25) is 0 Å². The van der Waals surface area contributed by atoms with Gasteiger partial charge in [0.1, 0.15) is 54.2 Å². The van der Waals surface area contributed by atoms with Gasteiger partial charge >= 0.3 is 0 Å². The molecule has 4 bridgehead atoms. The van der Waals surface area contributed by atoms with Crippen LogP contribution in [0.3, 0.4) is 0 Å². The molecule has 2 aromatic rings. The van der Waals surface area contributed by atoms with Gasteiger partial charge in [0.15, 0.2) is 17.8 Å². The van der Waals surface area contributed by atoms with E-state index >= 15 is 0 Å². The predicted octanol–water partition coefficient (Wildman–Crippen LogP) is 0.543. The van der Waals surface area contributed by atoms with Crippen molar-refractivity contribution in [2.75, 3.05) is 27.4 Å². The van der Waals surface area contributed by atoms with Crippen LogP contribution in [-0.2, 0) is 27.1 Å². The number of allylic oxidation sites excluding steroid dienone is 2. The highest BCUT2D eigenvalue weighted by Crippen LogP contribution is 2.45. The van der Waals surface area contributed by atoms with Crippen LogP contribution in [0, 0.1) is 0 Å². The number of aliphatic hydroxyl groups excluding tert-OH is 6. The number of aliphatic hydroxyl groups is 6. The van der Waals surface area contributed by atoms with Crippen molar-refractivity contribution in [2.45, 2.75) is 87.4 Å². The average Bonchev–Trinajstić information content (AvgIpc) is 3.32. The molecule has 13 nitrogen and oxygen atoms in total. The van der Waals surface area contributed by atoms with Crippen LogP contribution in [-0.4, -0.2) is 118 Å². The first kappa shape index (κ1) is 33.4. The van der Waals surface area contributed by atoms with E-state index < -0.39 is 68.5 Å². The smallest absolute Gasteiger partial charge is 0.229 e. The van der Waals surface area contributed by atoms with E-state index in [1.54, 1.807) is 13.2 Å². The summed E-state index contributed by atoms with van der Waals surface area (Å²) in [5.74, 6) is 1.06. The third kappa shape index (κ3) is 7.07. The highest BCUT2D eigenvalue weighted by molar-refractivity contribution is 5.80. The Bertz CT molecular complexity index is 1330. The van der Waals surface area contributed by atoms with Gasteiger partial charge < -0.3 is 64.2 Å². The lowest BCUT2D eigenvalue weighted by Crippen LogP contribution is -2.60. The third-order valence-electron chi connectivity index (χ3n) is 8.43. The largest absolute Gasteiger partial charge is 0.507 e. The second kappa shape index (κ2) is 14.6. The topological polar surface area (TPSA) is 197 Å². The number of hydrogen-bond donors (Lipinski definition) is 7. The molecule has 0 amide bonds. The maximum atomic E-state index is 11.3. The molecule has 0 saturated carbocycles. The minimum atomic E-state index is -1.69. The van der Waals surface area contributed by atoms with Gasteiger partial charge in [-0.3, -0.25) is 0 Å². The van der Waals surface area contributed by atoms with Gasteiger partial charge in [-0.25, -0.2) is 0 Å². The molecule has 2 aliphatic heterocycles. The summed E-state index contributed by atoms with van der Waals surface area (Å²) >= 11 is 0. The first-order valence-electron chi connectivity index (χ1n) is 15.0. The zero-order valence-electron chi connectivity index (χ0n) is 25.2. The minimum Gasteiger partial charge on any atom is -0.507 e. The molecule has 0 radical (unpaired) electrons. The van der Waals surface area contributed by atoms with E-state index in [-0.39, 0.29) is 11.5 Å². The monoisotopic (exact) mass is 634 g/mol. The molecule has 2 saturated heterocycles. The summed E-state index contributed by atoms with van der Waals surface area (Å²) in [5.41, 5.74) is 2.82. The number of aryl methyl sites for hydroxylation is 2. The fourth-order valence-corrected chi connectivity index (χ4v) is 5.87. The number of phenolic OH excluding ortho intramolecular Hbond substituents is 1. The molecule has 13 heteroatoms. The number of aromatic hydroxyl groups is 1. The zero-order valence-corrected chi connectivity index (χ0v) is 25.2. The van der Waals surface area contributed by atoms with Crippen LogP contribution in [0.25, 0.3) is 11.1 Å². The highest BCUT2D eigenvalue weighted by Gasteiger charge is 2.47. The second-order valence-corrected chi connectivity index (χ2v) is 11.4. The lowest BCUT2D eigenvalue weighted by Gasteiger charge is -2.40. The van der Waals surface area contributed by atoms with Gasteiger partial charge in [0, 0.05) is 17.2 Å². The van der Waals surface area contributed by atoms with Crippen LogP contribution in [0.4, 0.5) is 0 Å². The summed E-state index contributed by atoms with van der Waals surface area (Å²) in [6, 6.07) is 7.08. The summed E-state index contributed by atoms with van der Waals surface area (Å²) in [6.07, 6.45) is -4.96. The van der Waals surface area contributed by atoms with Crippen LogP contribution >= 0.6 is 0 Å². The van der Waals surface area contributed by atoms with Crippen molar-refractivity contribution in [1.29, 1.82) is 0 Å². The fourth-order valence-electron chi connectivity index (χ4n) is 5.87. The van der Waals surface area contributed by atoms with Crippen LogP contribution < -0.4 is 14.2 Å².